The summed E-state index contributed by atoms with van der Waals surface area (Å²) in [6.45, 7) is 2.45. The molecule has 2 aromatic rings. The van der Waals surface area contributed by atoms with E-state index < -0.39 is 15.7 Å². The van der Waals surface area contributed by atoms with Gasteiger partial charge in [0.1, 0.15) is 11.6 Å². The minimum atomic E-state index is -3.65. The van der Waals surface area contributed by atoms with Crippen LogP contribution >= 0.6 is 11.6 Å². The van der Waals surface area contributed by atoms with Crippen molar-refractivity contribution in [1.82, 2.24) is 9.97 Å². The van der Waals surface area contributed by atoms with Gasteiger partial charge in [-0.2, -0.15) is 0 Å². The molecule has 0 atom stereocenters. The van der Waals surface area contributed by atoms with Crippen LogP contribution in [0.25, 0.3) is 0 Å². The Kier molecular flexibility index (Phi) is 4.98. The molecule has 128 valence electrons. The van der Waals surface area contributed by atoms with Crippen molar-refractivity contribution in [3.8, 4) is 0 Å². The number of rotatable bonds is 4. The minimum absolute atomic E-state index is 0.0108. The van der Waals surface area contributed by atoms with Crippen molar-refractivity contribution in [2.75, 3.05) is 31.2 Å². The van der Waals surface area contributed by atoms with Crippen molar-refractivity contribution < 1.29 is 17.5 Å². The lowest BCUT2D eigenvalue weighted by Crippen LogP contribution is -2.36. The van der Waals surface area contributed by atoms with E-state index in [-0.39, 0.29) is 15.9 Å². The SMILES string of the molecule is O=S(=O)(Cc1cc(N2CCOCC2)nc(Cl)n1)c1ccc(F)cc1. The van der Waals surface area contributed by atoms with Gasteiger partial charge in [0, 0.05) is 19.2 Å². The van der Waals surface area contributed by atoms with Crippen LogP contribution in [0.4, 0.5) is 10.2 Å². The van der Waals surface area contributed by atoms with Gasteiger partial charge in [-0.1, -0.05) is 0 Å². The van der Waals surface area contributed by atoms with Crippen LogP contribution in [0.5, 0.6) is 0 Å². The maximum absolute atomic E-state index is 13.0. The van der Waals surface area contributed by atoms with E-state index in [0.717, 1.165) is 12.1 Å². The van der Waals surface area contributed by atoms with Gasteiger partial charge in [0.15, 0.2) is 9.84 Å². The van der Waals surface area contributed by atoms with Crippen LogP contribution in [0.15, 0.2) is 35.2 Å². The lowest BCUT2D eigenvalue weighted by molar-refractivity contribution is 0.122. The molecule has 2 heterocycles. The van der Waals surface area contributed by atoms with Gasteiger partial charge in [-0.3, -0.25) is 0 Å². The molecule has 1 saturated heterocycles. The van der Waals surface area contributed by atoms with Crippen LogP contribution < -0.4 is 4.90 Å². The molecule has 1 aromatic heterocycles. The molecule has 0 amide bonds. The van der Waals surface area contributed by atoms with Gasteiger partial charge < -0.3 is 9.64 Å². The predicted octanol–water partition coefficient (Wildman–Crippen LogP) is 2.08. The fourth-order valence-electron chi connectivity index (χ4n) is 2.40. The number of benzene rings is 1. The van der Waals surface area contributed by atoms with Crippen molar-refractivity contribution in [2.45, 2.75) is 10.6 Å². The van der Waals surface area contributed by atoms with Crippen molar-refractivity contribution in [1.29, 1.82) is 0 Å². The molecule has 0 unspecified atom stereocenters. The van der Waals surface area contributed by atoms with E-state index in [4.69, 9.17) is 16.3 Å². The third-order valence-corrected chi connectivity index (χ3v) is 5.42. The zero-order chi connectivity index (χ0) is 17.2. The van der Waals surface area contributed by atoms with Gasteiger partial charge in [0.25, 0.3) is 0 Å². The van der Waals surface area contributed by atoms with Crippen LogP contribution in [-0.4, -0.2) is 44.7 Å². The van der Waals surface area contributed by atoms with E-state index in [1.165, 1.54) is 12.1 Å². The summed E-state index contributed by atoms with van der Waals surface area (Å²) in [7, 11) is -3.65. The van der Waals surface area contributed by atoms with Gasteiger partial charge in [0.2, 0.25) is 5.28 Å². The Bertz CT molecular complexity index is 824. The fourth-order valence-corrected chi connectivity index (χ4v) is 3.85. The Balaban J connectivity index is 1.86. The average molecular weight is 372 g/mol. The van der Waals surface area contributed by atoms with Gasteiger partial charge >= 0.3 is 0 Å². The highest BCUT2D eigenvalue weighted by atomic mass is 35.5. The Labute approximate surface area is 144 Å². The quantitative estimate of drug-likeness (QED) is 0.605. The lowest BCUT2D eigenvalue weighted by atomic mass is 10.3. The number of ether oxygens (including phenoxy) is 1. The Hall–Kier alpha value is -1.77. The zero-order valence-electron chi connectivity index (χ0n) is 12.7. The van der Waals surface area contributed by atoms with Gasteiger partial charge in [0.05, 0.1) is 29.6 Å². The second-order valence-corrected chi connectivity index (χ2v) is 7.63. The molecule has 24 heavy (non-hydrogen) atoms. The van der Waals surface area contributed by atoms with Crippen molar-refractivity contribution >= 4 is 27.3 Å². The van der Waals surface area contributed by atoms with Crippen LogP contribution in [-0.2, 0) is 20.3 Å². The van der Waals surface area contributed by atoms with E-state index in [0.29, 0.717) is 37.8 Å². The van der Waals surface area contributed by atoms with E-state index in [9.17, 15) is 12.8 Å². The maximum atomic E-state index is 13.0. The normalized spacial score (nSPS) is 15.5. The molecule has 0 radical (unpaired) electrons. The van der Waals surface area contributed by atoms with Crippen molar-refractivity contribution in [3.05, 3.63) is 47.1 Å². The predicted molar refractivity (Wildman–Crippen MR) is 87.4 cm³/mol. The molecular weight excluding hydrogens is 357 g/mol. The van der Waals surface area contributed by atoms with Crippen LogP contribution in [0.1, 0.15) is 5.69 Å². The maximum Gasteiger partial charge on any atom is 0.224 e. The standard InChI is InChI=1S/C15H15ClFN3O3S/c16-15-18-12(9-14(19-15)20-5-7-23-8-6-20)10-24(21,22)13-3-1-11(17)2-4-13/h1-4,9H,5-8,10H2. The first-order valence-corrected chi connectivity index (χ1v) is 9.31. The van der Waals surface area contributed by atoms with Crippen molar-refractivity contribution in [2.24, 2.45) is 0 Å². The van der Waals surface area contributed by atoms with Crippen LogP contribution in [0.3, 0.4) is 0 Å². The molecule has 3 rings (SSSR count). The summed E-state index contributed by atoms with van der Waals surface area (Å²) in [5.74, 6) is -0.255. The topological polar surface area (TPSA) is 72.4 Å². The molecule has 0 bridgehead atoms. The Morgan fingerprint density at radius 1 is 1.17 bits per heavy atom. The summed E-state index contributed by atoms with van der Waals surface area (Å²) in [5, 5.41) is -0.0108. The fraction of sp³-hybridized carbons (Fsp3) is 0.333. The molecule has 1 aromatic carbocycles. The number of halogens is 2. The first-order valence-electron chi connectivity index (χ1n) is 7.28. The highest BCUT2D eigenvalue weighted by Gasteiger charge is 2.20. The summed E-state index contributed by atoms with van der Waals surface area (Å²) in [5.41, 5.74) is 0.292. The number of hydrogen-bond donors (Lipinski definition) is 0. The van der Waals surface area contributed by atoms with Crippen LogP contribution in [0, 0.1) is 5.82 Å². The molecule has 6 nitrogen and oxygen atoms in total. The number of nitrogens with zero attached hydrogens (tertiary/aromatic N) is 3. The van der Waals surface area contributed by atoms with Crippen LogP contribution in [0.2, 0.25) is 5.28 Å². The molecule has 1 fully saturated rings. The van der Waals surface area contributed by atoms with Gasteiger partial charge in [-0.05, 0) is 35.9 Å². The second kappa shape index (κ2) is 7.00. The molecule has 1 aliphatic heterocycles. The molecular formula is C15H15ClFN3O3S. The first kappa shape index (κ1) is 17.1. The largest absolute Gasteiger partial charge is 0.378 e. The first-order chi connectivity index (χ1) is 11.4. The van der Waals surface area contributed by atoms with E-state index in [1.807, 2.05) is 4.90 Å². The highest BCUT2D eigenvalue weighted by molar-refractivity contribution is 7.90. The van der Waals surface area contributed by atoms with Crippen molar-refractivity contribution in [3.63, 3.8) is 0 Å². The zero-order valence-corrected chi connectivity index (χ0v) is 14.2. The monoisotopic (exact) mass is 371 g/mol. The summed E-state index contributed by atoms with van der Waals surface area (Å²) >= 11 is 5.94. The Morgan fingerprint density at radius 2 is 1.83 bits per heavy atom. The van der Waals surface area contributed by atoms with Gasteiger partial charge in [-0.15, -0.1) is 0 Å². The third-order valence-electron chi connectivity index (χ3n) is 3.58. The summed E-state index contributed by atoms with van der Waals surface area (Å²) < 4.78 is 43.2. The van der Waals surface area contributed by atoms with Gasteiger partial charge in [-0.25, -0.2) is 22.8 Å². The molecule has 0 saturated carbocycles. The summed E-state index contributed by atoms with van der Waals surface area (Å²) in [6, 6.07) is 6.29. The molecule has 1 aliphatic rings. The Morgan fingerprint density at radius 3 is 2.50 bits per heavy atom. The molecule has 0 spiro atoms. The summed E-state index contributed by atoms with van der Waals surface area (Å²) in [6.07, 6.45) is 0. The van der Waals surface area contributed by atoms with E-state index in [1.54, 1.807) is 6.07 Å². The number of aromatic nitrogens is 2. The number of anilines is 1. The molecule has 9 heteroatoms. The lowest BCUT2D eigenvalue weighted by Gasteiger charge is -2.28. The summed E-state index contributed by atoms with van der Waals surface area (Å²) in [4.78, 5) is 10.1. The van der Waals surface area contributed by atoms with E-state index in [2.05, 4.69) is 9.97 Å². The number of morpholine rings is 1. The molecule has 0 N–H and O–H groups in total. The third kappa shape index (κ3) is 4.00. The smallest absolute Gasteiger partial charge is 0.224 e. The molecule has 0 aliphatic carbocycles. The number of hydrogen-bond acceptors (Lipinski definition) is 6. The minimum Gasteiger partial charge on any atom is -0.378 e. The van der Waals surface area contributed by atoms with E-state index >= 15 is 0 Å². The average Bonchev–Trinajstić information content (AvgIpc) is 2.55. The second-order valence-electron chi connectivity index (χ2n) is 5.30. The number of sulfone groups is 1. The highest BCUT2D eigenvalue weighted by Crippen LogP contribution is 2.21.